The lowest BCUT2D eigenvalue weighted by Crippen LogP contribution is -2.13. The fraction of sp³-hybridized carbons (Fsp3) is 0.182. The number of allylic oxidation sites excluding steroid dienone is 1. The van der Waals surface area contributed by atoms with Crippen LogP contribution in [0.3, 0.4) is 0 Å². The van der Waals surface area contributed by atoms with Crippen LogP contribution in [0.2, 0.25) is 0 Å². The second-order valence-electron chi connectivity index (χ2n) is 6.62. The number of H-pyrrole nitrogens is 1. The minimum absolute atomic E-state index is 0.155. The van der Waals surface area contributed by atoms with Crippen LogP contribution in [0, 0.1) is 13.8 Å². The van der Waals surface area contributed by atoms with Crippen LogP contribution in [0.15, 0.2) is 48.6 Å². The van der Waals surface area contributed by atoms with Crippen LogP contribution in [-0.4, -0.2) is 16.8 Å². The molecule has 0 aliphatic rings. The van der Waals surface area contributed by atoms with E-state index in [1.807, 2.05) is 51.1 Å². The molecule has 0 atom stereocenters. The van der Waals surface area contributed by atoms with Crippen molar-refractivity contribution in [2.75, 3.05) is 5.32 Å². The summed E-state index contributed by atoms with van der Waals surface area (Å²) in [5.74, 6) is -0.515. The monoisotopic (exact) mass is 361 g/mol. The SMILES string of the molecule is C/C=C/C(=O)Nc1cccc(-c2ccc(CC(N)=O)c3[nH]c(C)cc23)c1C. The van der Waals surface area contributed by atoms with Crippen LogP contribution in [0.5, 0.6) is 0 Å². The average Bonchev–Trinajstić information content (AvgIpc) is 2.99. The Kier molecular flexibility index (Phi) is 5.12. The van der Waals surface area contributed by atoms with Gasteiger partial charge in [0, 0.05) is 22.3 Å². The summed E-state index contributed by atoms with van der Waals surface area (Å²) in [6.07, 6.45) is 3.39. The summed E-state index contributed by atoms with van der Waals surface area (Å²) in [4.78, 5) is 26.7. The number of aryl methyl sites for hydroxylation is 1. The molecule has 5 heteroatoms. The Morgan fingerprint density at radius 3 is 2.63 bits per heavy atom. The van der Waals surface area contributed by atoms with Crippen LogP contribution in [0.25, 0.3) is 22.0 Å². The molecule has 4 N–H and O–H groups in total. The molecule has 0 bridgehead atoms. The third-order valence-electron chi connectivity index (χ3n) is 4.58. The van der Waals surface area contributed by atoms with Gasteiger partial charge in [0.25, 0.3) is 0 Å². The van der Waals surface area contributed by atoms with E-state index in [9.17, 15) is 9.59 Å². The molecule has 0 saturated heterocycles. The summed E-state index contributed by atoms with van der Waals surface area (Å²) in [6.45, 7) is 5.78. The highest BCUT2D eigenvalue weighted by atomic mass is 16.1. The third-order valence-corrected chi connectivity index (χ3v) is 4.58. The van der Waals surface area contributed by atoms with Crippen LogP contribution in [0.1, 0.15) is 23.7 Å². The first-order valence-corrected chi connectivity index (χ1v) is 8.84. The molecular formula is C22H23N3O2. The fourth-order valence-electron chi connectivity index (χ4n) is 3.37. The maximum atomic E-state index is 11.9. The van der Waals surface area contributed by atoms with Gasteiger partial charge in [-0.15, -0.1) is 0 Å². The maximum Gasteiger partial charge on any atom is 0.248 e. The lowest BCUT2D eigenvalue weighted by Gasteiger charge is -2.14. The Morgan fingerprint density at radius 2 is 1.93 bits per heavy atom. The molecule has 27 heavy (non-hydrogen) atoms. The summed E-state index contributed by atoms with van der Waals surface area (Å²) in [5.41, 5.74) is 12.0. The van der Waals surface area contributed by atoms with Crippen molar-refractivity contribution in [3.8, 4) is 11.1 Å². The molecule has 0 saturated carbocycles. The van der Waals surface area contributed by atoms with E-state index in [-0.39, 0.29) is 18.2 Å². The van der Waals surface area contributed by atoms with Gasteiger partial charge in [0.1, 0.15) is 0 Å². The number of carbonyl (C=O) groups excluding carboxylic acids is 2. The normalized spacial score (nSPS) is 11.2. The lowest BCUT2D eigenvalue weighted by molar-refractivity contribution is -0.117. The maximum absolute atomic E-state index is 11.9. The lowest BCUT2D eigenvalue weighted by atomic mass is 9.94. The van der Waals surface area contributed by atoms with Gasteiger partial charge < -0.3 is 16.0 Å². The van der Waals surface area contributed by atoms with E-state index in [0.29, 0.717) is 0 Å². The van der Waals surface area contributed by atoms with Crippen molar-refractivity contribution >= 4 is 28.4 Å². The number of hydrogen-bond donors (Lipinski definition) is 3. The fourth-order valence-corrected chi connectivity index (χ4v) is 3.37. The first kappa shape index (κ1) is 18.5. The second-order valence-corrected chi connectivity index (χ2v) is 6.62. The number of aromatic nitrogens is 1. The van der Waals surface area contributed by atoms with Gasteiger partial charge >= 0.3 is 0 Å². The Labute approximate surface area is 158 Å². The van der Waals surface area contributed by atoms with E-state index >= 15 is 0 Å². The quantitative estimate of drug-likeness (QED) is 0.600. The van der Waals surface area contributed by atoms with Crippen molar-refractivity contribution in [1.29, 1.82) is 0 Å². The van der Waals surface area contributed by atoms with Crippen LogP contribution in [0.4, 0.5) is 5.69 Å². The van der Waals surface area contributed by atoms with Crippen LogP contribution >= 0.6 is 0 Å². The van der Waals surface area contributed by atoms with Gasteiger partial charge in [0.15, 0.2) is 0 Å². The highest BCUT2D eigenvalue weighted by Gasteiger charge is 2.14. The van der Waals surface area contributed by atoms with Crippen molar-refractivity contribution < 1.29 is 9.59 Å². The molecule has 2 amide bonds. The number of nitrogens with one attached hydrogen (secondary N) is 2. The minimum Gasteiger partial charge on any atom is -0.369 e. The smallest absolute Gasteiger partial charge is 0.248 e. The number of hydrogen-bond acceptors (Lipinski definition) is 2. The predicted molar refractivity (Wildman–Crippen MR) is 110 cm³/mol. The molecule has 138 valence electrons. The van der Waals surface area contributed by atoms with E-state index in [0.717, 1.165) is 44.5 Å². The summed E-state index contributed by atoms with van der Waals surface area (Å²) >= 11 is 0. The van der Waals surface area contributed by atoms with Crippen molar-refractivity contribution in [3.63, 3.8) is 0 Å². The highest BCUT2D eigenvalue weighted by molar-refractivity contribution is 6.03. The average molecular weight is 361 g/mol. The van der Waals surface area contributed by atoms with Gasteiger partial charge in [-0.25, -0.2) is 0 Å². The first-order valence-electron chi connectivity index (χ1n) is 8.84. The van der Waals surface area contributed by atoms with E-state index in [2.05, 4.69) is 16.4 Å². The number of amides is 2. The molecule has 3 rings (SSSR count). The second kappa shape index (κ2) is 7.50. The van der Waals surface area contributed by atoms with Gasteiger partial charge in [0.05, 0.1) is 6.42 Å². The number of fused-ring (bicyclic) bond motifs is 1. The molecule has 1 heterocycles. The summed E-state index contributed by atoms with van der Waals surface area (Å²) in [7, 11) is 0. The van der Waals surface area contributed by atoms with Gasteiger partial charge in [-0.2, -0.15) is 0 Å². The van der Waals surface area contributed by atoms with Crippen LogP contribution < -0.4 is 11.1 Å². The Bertz CT molecular complexity index is 1060. The van der Waals surface area contributed by atoms with Crippen molar-refractivity contribution in [2.24, 2.45) is 5.73 Å². The largest absolute Gasteiger partial charge is 0.369 e. The first-order chi connectivity index (χ1) is 12.9. The standard InChI is InChI=1S/C22H23N3O2/c1-4-6-21(27)25-19-8-5-7-16(14(19)3)17-10-9-15(12-20(23)26)22-18(17)11-13(2)24-22/h4-11,24H,12H2,1-3H3,(H2,23,26)(H,25,27)/b6-4+. The van der Waals surface area contributed by atoms with Crippen molar-refractivity contribution in [3.05, 3.63) is 65.4 Å². The molecule has 0 spiro atoms. The van der Waals surface area contributed by atoms with Gasteiger partial charge in [0.2, 0.25) is 11.8 Å². The number of primary amides is 1. The zero-order valence-corrected chi connectivity index (χ0v) is 15.7. The number of aromatic amines is 1. The molecule has 0 fully saturated rings. The van der Waals surface area contributed by atoms with Gasteiger partial charge in [-0.1, -0.05) is 30.3 Å². The Balaban J connectivity index is 2.13. The topological polar surface area (TPSA) is 88.0 Å². The third kappa shape index (κ3) is 3.77. The summed E-state index contributed by atoms with van der Waals surface area (Å²) < 4.78 is 0. The Hall–Kier alpha value is -3.34. The number of anilines is 1. The number of rotatable bonds is 5. The van der Waals surface area contributed by atoms with E-state index in [1.54, 1.807) is 6.08 Å². The zero-order valence-electron chi connectivity index (χ0n) is 15.7. The summed E-state index contributed by atoms with van der Waals surface area (Å²) in [6, 6.07) is 11.9. The molecule has 0 unspecified atom stereocenters. The number of nitrogens with two attached hydrogens (primary N) is 1. The Morgan fingerprint density at radius 1 is 1.15 bits per heavy atom. The molecule has 0 aliphatic heterocycles. The highest BCUT2D eigenvalue weighted by Crippen LogP contribution is 2.35. The summed E-state index contributed by atoms with van der Waals surface area (Å²) in [5, 5.41) is 3.95. The van der Waals surface area contributed by atoms with E-state index in [1.165, 1.54) is 6.08 Å². The van der Waals surface area contributed by atoms with Gasteiger partial charge in [-0.3, -0.25) is 9.59 Å². The molecule has 0 radical (unpaired) electrons. The zero-order chi connectivity index (χ0) is 19.6. The number of carbonyl (C=O) groups is 2. The van der Waals surface area contributed by atoms with Crippen molar-refractivity contribution in [2.45, 2.75) is 27.2 Å². The molecule has 3 aromatic rings. The molecule has 2 aromatic carbocycles. The van der Waals surface area contributed by atoms with Crippen molar-refractivity contribution in [1.82, 2.24) is 4.98 Å². The van der Waals surface area contributed by atoms with Crippen LogP contribution in [-0.2, 0) is 16.0 Å². The molecule has 5 nitrogen and oxygen atoms in total. The molecule has 1 aromatic heterocycles. The van der Waals surface area contributed by atoms with Gasteiger partial charge in [-0.05, 0) is 61.2 Å². The number of benzene rings is 2. The predicted octanol–water partition coefficient (Wildman–Crippen LogP) is 3.99. The van der Waals surface area contributed by atoms with E-state index in [4.69, 9.17) is 5.73 Å². The molecule has 0 aliphatic carbocycles. The minimum atomic E-state index is -0.360. The molecular weight excluding hydrogens is 338 g/mol. The van der Waals surface area contributed by atoms with E-state index < -0.39 is 0 Å².